The first-order valence-electron chi connectivity index (χ1n) is 7.51. The molecule has 2 unspecified atom stereocenters. The summed E-state index contributed by atoms with van der Waals surface area (Å²) in [5.41, 5.74) is 0. The molecule has 0 aliphatic heterocycles. The van der Waals surface area contributed by atoms with Crippen LogP contribution in [0.4, 0.5) is 0 Å². The van der Waals surface area contributed by atoms with E-state index in [1.165, 1.54) is 37.9 Å². The van der Waals surface area contributed by atoms with Crippen LogP contribution in [0.1, 0.15) is 57.6 Å². The van der Waals surface area contributed by atoms with Gasteiger partial charge in [-0.3, -0.25) is 0 Å². The van der Waals surface area contributed by atoms with Gasteiger partial charge in [-0.2, -0.15) is 0 Å². The second kappa shape index (κ2) is 6.98. The molecule has 0 bridgehead atoms. The highest BCUT2D eigenvalue weighted by molar-refractivity contribution is 5.07. The molecule has 1 saturated carbocycles. The van der Waals surface area contributed by atoms with Gasteiger partial charge in [-0.25, -0.2) is 0 Å². The molecule has 0 aromatic carbocycles. The average Bonchev–Trinajstić information content (AvgIpc) is 2.76. The van der Waals surface area contributed by atoms with Gasteiger partial charge in [-0.1, -0.05) is 33.1 Å². The molecule has 1 heterocycles. The Balaban J connectivity index is 1.94. The molecule has 1 N–H and O–H groups in total. The second-order valence-corrected chi connectivity index (χ2v) is 6.07. The van der Waals surface area contributed by atoms with Crippen LogP contribution >= 0.6 is 0 Å². The van der Waals surface area contributed by atoms with Crippen molar-refractivity contribution in [1.82, 2.24) is 5.32 Å². The lowest BCUT2D eigenvalue weighted by Gasteiger charge is -2.24. The minimum Gasteiger partial charge on any atom is -0.469 e. The van der Waals surface area contributed by atoms with Crippen LogP contribution in [0.15, 0.2) is 22.8 Å². The normalized spacial score (nSPS) is 25.3. The van der Waals surface area contributed by atoms with Crippen LogP contribution in [0.5, 0.6) is 0 Å². The van der Waals surface area contributed by atoms with Gasteiger partial charge in [0.25, 0.3) is 0 Å². The van der Waals surface area contributed by atoms with Gasteiger partial charge < -0.3 is 9.73 Å². The summed E-state index contributed by atoms with van der Waals surface area (Å²) in [6.07, 6.45) is 8.58. The Morgan fingerprint density at radius 3 is 2.83 bits per heavy atom. The molecule has 1 aromatic rings. The Morgan fingerprint density at radius 1 is 1.28 bits per heavy atom. The summed E-state index contributed by atoms with van der Waals surface area (Å²) in [4.78, 5) is 0. The summed E-state index contributed by atoms with van der Waals surface area (Å²) in [6.45, 7) is 6.80. The maximum absolute atomic E-state index is 5.66. The van der Waals surface area contributed by atoms with E-state index < -0.39 is 0 Å². The van der Waals surface area contributed by atoms with E-state index in [1.54, 1.807) is 0 Å². The van der Waals surface area contributed by atoms with Gasteiger partial charge in [0.15, 0.2) is 0 Å². The molecule has 1 aliphatic carbocycles. The average molecular weight is 249 g/mol. The molecule has 0 spiro atoms. The summed E-state index contributed by atoms with van der Waals surface area (Å²) < 4.78 is 5.66. The maximum atomic E-state index is 5.66. The van der Waals surface area contributed by atoms with Crippen molar-refractivity contribution >= 4 is 0 Å². The van der Waals surface area contributed by atoms with Crippen molar-refractivity contribution in [3.63, 3.8) is 0 Å². The molecule has 2 heteroatoms. The van der Waals surface area contributed by atoms with Crippen molar-refractivity contribution in [3.8, 4) is 0 Å². The lowest BCUT2D eigenvalue weighted by Crippen LogP contribution is -2.29. The van der Waals surface area contributed by atoms with Crippen molar-refractivity contribution in [2.24, 2.45) is 11.8 Å². The number of hydrogen-bond acceptors (Lipinski definition) is 2. The summed E-state index contributed by atoms with van der Waals surface area (Å²) >= 11 is 0. The molecule has 1 aliphatic rings. The number of nitrogens with one attached hydrogen (secondary N) is 1. The van der Waals surface area contributed by atoms with Gasteiger partial charge in [0.05, 0.1) is 6.26 Å². The maximum Gasteiger partial charge on any atom is 0.107 e. The van der Waals surface area contributed by atoms with Crippen LogP contribution < -0.4 is 5.32 Å². The Kier molecular flexibility index (Phi) is 5.30. The van der Waals surface area contributed by atoms with Crippen molar-refractivity contribution < 1.29 is 4.42 Å². The molecule has 0 saturated heterocycles. The van der Waals surface area contributed by atoms with E-state index >= 15 is 0 Å². The Labute approximate surface area is 111 Å². The van der Waals surface area contributed by atoms with Crippen molar-refractivity contribution in [2.45, 2.75) is 51.9 Å². The first-order chi connectivity index (χ1) is 8.77. The molecule has 102 valence electrons. The van der Waals surface area contributed by atoms with E-state index in [1.807, 2.05) is 12.3 Å². The number of furan rings is 1. The van der Waals surface area contributed by atoms with Crippen LogP contribution in [-0.4, -0.2) is 13.1 Å². The minimum absolute atomic E-state index is 0.627. The minimum atomic E-state index is 0.627. The third-order valence-corrected chi connectivity index (χ3v) is 4.03. The second-order valence-electron chi connectivity index (χ2n) is 6.07. The van der Waals surface area contributed by atoms with Gasteiger partial charge in [0, 0.05) is 5.92 Å². The fourth-order valence-corrected chi connectivity index (χ4v) is 3.06. The third kappa shape index (κ3) is 3.88. The predicted molar refractivity (Wildman–Crippen MR) is 75.7 cm³/mol. The molecular weight excluding hydrogens is 222 g/mol. The molecule has 2 atom stereocenters. The third-order valence-electron chi connectivity index (χ3n) is 4.03. The highest BCUT2D eigenvalue weighted by atomic mass is 16.3. The highest BCUT2D eigenvalue weighted by Crippen LogP contribution is 2.36. The fourth-order valence-electron chi connectivity index (χ4n) is 3.06. The van der Waals surface area contributed by atoms with Gasteiger partial charge in [-0.15, -0.1) is 0 Å². The van der Waals surface area contributed by atoms with E-state index in [0.29, 0.717) is 5.92 Å². The quantitative estimate of drug-likeness (QED) is 0.792. The monoisotopic (exact) mass is 249 g/mol. The van der Waals surface area contributed by atoms with E-state index in [2.05, 4.69) is 25.2 Å². The zero-order valence-electron chi connectivity index (χ0n) is 11.8. The molecule has 0 radical (unpaired) electrons. The van der Waals surface area contributed by atoms with E-state index in [4.69, 9.17) is 4.42 Å². The van der Waals surface area contributed by atoms with Crippen LogP contribution in [0, 0.1) is 11.8 Å². The first kappa shape index (κ1) is 13.7. The topological polar surface area (TPSA) is 25.2 Å². The molecule has 18 heavy (non-hydrogen) atoms. The molecule has 2 rings (SSSR count). The van der Waals surface area contributed by atoms with Gasteiger partial charge in [0.2, 0.25) is 0 Å². The molecule has 1 aromatic heterocycles. The van der Waals surface area contributed by atoms with E-state index in [-0.39, 0.29) is 0 Å². The largest absolute Gasteiger partial charge is 0.469 e. The molecular formula is C16H27NO. The van der Waals surface area contributed by atoms with E-state index in [0.717, 1.165) is 24.9 Å². The molecule has 1 fully saturated rings. The van der Waals surface area contributed by atoms with Gasteiger partial charge in [0.1, 0.15) is 5.76 Å². The first-order valence-corrected chi connectivity index (χ1v) is 7.51. The lowest BCUT2D eigenvalue weighted by atomic mass is 9.86. The highest BCUT2D eigenvalue weighted by Gasteiger charge is 2.26. The van der Waals surface area contributed by atoms with Crippen LogP contribution in [0.3, 0.4) is 0 Å². The van der Waals surface area contributed by atoms with E-state index in [9.17, 15) is 0 Å². The molecule has 0 amide bonds. The smallest absolute Gasteiger partial charge is 0.107 e. The van der Waals surface area contributed by atoms with Crippen LogP contribution in [0.2, 0.25) is 0 Å². The zero-order chi connectivity index (χ0) is 12.8. The predicted octanol–water partition coefficient (Wildman–Crippen LogP) is 4.19. The SMILES string of the molecule is CC(C)CNCC1CCCCCC1c1ccco1. The Bertz CT molecular complexity index is 318. The fraction of sp³-hybridized carbons (Fsp3) is 0.750. The summed E-state index contributed by atoms with van der Waals surface area (Å²) in [6, 6.07) is 4.18. The molecule has 2 nitrogen and oxygen atoms in total. The summed E-state index contributed by atoms with van der Waals surface area (Å²) in [7, 11) is 0. The van der Waals surface area contributed by atoms with Crippen LogP contribution in [-0.2, 0) is 0 Å². The summed E-state index contributed by atoms with van der Waals surface area (Å²) in [5.74, 6) is 3.31. The lowest BCUT2D eigenvalue weighted by molar-refractivity contribution is 0.323. The number of hydrogen-bond donors (Lipinski definition) is 1. The van der Waals surface area contributed by atoms with Crippen molar-refractivity contribution in [3.05, 3.63) is 24.2 Å². The zero-order valence-corrected chi connectivity index (χ0v) is 11.8. The Hall–Kier alpha value is -0.760. The summed E-state index contributed by atoms with van der Waals surface area (Å²) in [5, 5.41) is 3.63. The Morgan fingerprint density at radius 2 is 2.11 bits per heavy atom. The standard InChI is InChI=1S/C16H27NO/c1-13(2)11-17-12-14-7-4-3-5-8-15(14)16-9-6-10-18-16/h6,9-10,13-15,17H,3-5,7-8,11-12H2,1-2H3. The van der Waals surface area contributed by atoms with Crippen LogP contribution in [0.25, 0.3) is 0 Å². The number of rotatable bonds is 5. The van der Waals surface area contributed by atoms with Crippen molar-refractivity contribution in [1.29, 1.82) is 0 Å². The van der Waals surface area contributed by atoms with Gasteiger partial charge in [-0.05, 0) is 49.9 Å². The van der Waals surface area contributed by atoms with Gasteiger partial charge >= 0.3 is 0 Å². The van der Waals surface area contributed by atoms with Crippen molar-refractivity contribution in [2.75, 3.05) is 13.1 Å².